The van der Waals surface area contributed by atoms with Crippen LogP contribution in [-0.2, 0) is 0 Å². The number of hydrogen-bond donors (Lipinski definition) is 0. The van der Waals surface area contributed by atoms with Gasteiger partial charge in [0.05, 0.1) is 5.56 Å². The predicted molar refractivity (Wildman–Crippen MR) is 237 cm³/mol. The van der Waals surface area contributed by atoms with Crippen molar-refractivity contribution in [2.24, 2.45) is 0 Å². The van der Waals surface area contributed by atoms with Gasteiger partial charge in [-0.25, -0.2) is 30.7 Å². The smallest absolute Gasteiger partial charge is 0.198 e. The highest BCUT2D eigenvalue weighted by Crippen LogP contribution is 2.43. The van der Waals surface area contributed by atoms with E-state index in [0.29, 0.717) is 22.3 Å². The van der Waals surface area contributed by atoms with Crippen molar-refractivity contribution in [3.8, 4) is 23.5 Å². The van der Waals surface area contributed by atoms with Gasteiger partial charge in [-0.15, -0.1) is 6.42 Å². The van der Waals surface area contributed by atoms with Gasteiger partial charge in [-0.05, 0) is 94.1 Å². The second-order valence-electron chi connectivity index (χ2n) is 15.2. The topological polar surface area (TPSA) is 13.0 Å². The van der Waals surface area contributed by atoms with Crippen LogP contribution in [0, 0.1) is 53.1 Å². The molecule has 0 atom stereocenters. The van der Waals surface area contributed by atoms with Gasteiger partial charge in [0.2, 0.25) is 0 Å². The van der Waals surface area contributed by atoms with Gasteiger partial charge in [-0.1, -0.05) is 54.5 Å². The number of anilines is 4. The Balaban J connectivity index is 1.75. The Morgan fingerprint density at radius 2 is 0.639 bits per heavy atom. The van der Waals surface area contributed by atoms with E-state index in [1.54, 1.807) is 97.1 Å². The zero-order valence-corrected chi connectivity index (χ0v) is 34.9. The fourth-order valence-corrected chi connectivity index (χ4v) is 6.93. The Morgan fingerprint density at radius 1 is 0.377 bits per heavy atom. The summed E-state index contributed by atoms with van der Waals surface area (Å²) in [4.78, 5) is 7.37. The van der Waals surface area contributed by atoms with Gasteiger partial charge in [0.15, 0.2) is 34.9 Å². The molecule has 6 aromatic carbocycles. The maximum atomic E-state index is 16.9. The lowest BCUT2D eigenvalue weighted by Crippen LogP contribution is -2.10. The van der Waals surface area contributed by atoms with E-state index in [9.17, 15) is 0 Å². The van der Waals surface area contributed by atoms with Gasteiger partial charge in [0.25, 0.3) is 0 Å². The Bertz CT molecular complexity index is 2590. The Hall–Kier alpha value is -6.93. The van der Waals surface area contributed by atoms with Gasteiger partial charge < -0.3 is 19.6 Å². The van der Waals surface area contributed by atoms with Crippen LogP contribution in [0.2, 0.25) is 0 Å². The Kier molecular flexibility index (Phi) is 12.7. The SMILES string of the molecule is C#Cc1c(F)c(F)c(-c2c(F)c(F)c(F)c(F)c2C=C(c2ccc(N(C)C)cc2)c2ccc(N(C)C)cc2)c(C=C(c2ccc(N(C)C)cc2)c2ccc(N(C)C)cc2)c1F. The van der Waals surface area contributed by atoms with E-state index in [0.717, 1.165) is 34.9 Å². The van der Waals surface area contributed by atoms with Crippen LogP contribution >= 0.6 is 0 Å². The number of rotatable bonds is 11. The molecule has 0 fully saturated rings. The lowest BCUT2D eigenvalue weighted by molar-refractivity contribution is 0.409. The first-order valence-electron chi connectivity index (χ1n) is 19.0. The maximum absolute atomic E-state index is 16.9. The standard InChI is InChI=1S/C50H43F7N4/c1-10-37-44(51)40(27-38(29-11-19-33(20-12-29)58(2)3)30-13-21-34(22-14-30)59(4)5)42(47(54)45(37)52)43-41(46(53)49(56)50(57)48(43)55)28-39(31-15-23-35(24-16-31)60(6)7)32-17-25-36(26-18-32)61(8)9/h1,11-28H,2-9H3. The third kappa shape index (κ3) is 8.57. The molecule has 0 radical (unpaired) electrons. The number of nitrogens with zero attached hydrogens (tertiary/aromatic N) is 4. The second-order valence-corrected chi connectivity index (χ2v) is 15.2. The third-order valence-electron chi connectivity index (χ3n) is 10.4. The molecule has 0 bridgehead atoms. The summed E-state index contributed by atoms with van der Waals surface area (Å²) in [6.45, 7) is 0. The highest BCUT2D eigenvalue weighted by atomic mass is 19.2. The summed E-state index contributed by atoms with van der Waals surface area (Å²) in [5, 5.41) is 0. The summed E-state index contributed by atoms with van der Waals surface area (Å²) < 4.78 is 114. The number of terminal acetylenes is 1. The molecule has 0 aromatic heterocycles. The largest absolute Gasteiger partial charge is 0.378 e. The van der Waals surface area contributed by atoms with Crippen LogP contribution in [0.3, 0.4) is 0 Å². The molecule has 0 N–H and O–H groups in total. The zero-order valence-electron chi connectivity index (χ0n) is 34.9. The minimum Gasteiger partial charge on any atom is -0.378 e. The molecule has 0 spiro atoms. The average Bonchev–Trinajstić information content (AvgIpc) is 3.25. The fourth-order valence-electron chi connectivity index (χ4n) is 6.93. The molecule has 11 heteroatoms. The summed E-state index contributed by atoms with van der Waals surface area (Å²) in [6.07, 6.45) is 7.66. The van der Waals surface area contributed by atoms with E-state index < -0.39 is 68.5 Å². The van der Waals surface area contributed by atoms with Crippen LogP contribution in [0.1, 0.15) is 38.9 Å². The van der Waals surface area contributed by atoms with Crippen molar-refractivity contribution >= 4 is 46.0 Å². The Labute approximate surface area is 352 Å². The molecule has 0 aliphatic carbocycles. The molecule has 0 saturated carbocycles. The van der Waals surface area contributed by atoms with Gasteiger partial charge in [0, 0.05) is 101 Å². The van der Waals surface area contributed by atoms with Crippen molar-refractivity contribution in [3.05, 3.63) is 177 Å². The van der Waals surface area contributed by atoms with Gasteiger partial charge >= 0.3 is 0 Å². The summed E-state index contributed by atoms with van der Waals surface area (Å²) in [5.74, 6) is -12.0. The molecule has 0 aliphatic heterocycles. The summed E-state index contributed by atoms with van der Waals surface area (Å²) >= 11 is 0. The van der Waals surface area contributed by atoms with Crippen molar-refractivity contribution in [2.75, 3.05) is 76.0 Å². The first-order chi connectivity index (χ1) is 28.9. The third-order valence-corrected chi connectivity index (χ3v) is 10.4. The molecule has 0 saturated heterocycles. The molecule has 0 aliphatic rings. The monoisotopic (exact) mass is 832 g/mol. The van der Waals surface area contributed by atoms with Crippen LogP contribution in [0.15, 0.2) is 97.1 Å². The van der Waals surface area contributed by atoms with Gasteiger partial charge in [-0.2, -0.15) is 0 Å². The molecule has 6 rings (SSSR count). The highest BCUT2D eigenvalue weighted by molar-refractivity contribution is 5.99. The molecule has 312 valence electrons. The van der Waals surface area contributed by atoms with E-state index in [1.807, 2.05) is 81.9 Å². The first kappa shape index (κ1) is 43.6. The molecule has 0 heterocycles. The highest BCUT2D eigenvalue weighted by Gasteiger charge is 2.33. The fraction of sp³-hybridized carbons (Fsp3) is 0.160. The molecular weight excluding hydrogens is 790 g/mol. The lowest BCUT2D eigenvalue weighted by atomic mass is 9.86. The van der Waals surface area contributed by atoms with Crippen LogP contribution in [0.25, 0.3) is 34.4 Å². The number of hydrogen-bond acceptors (Lipinski definition) is 4. The van der Waals surface area contributed by atoms with E-state index in [2.05, 4.69) is 0 Å². The predicted octanol–water partition coefficient (Wildman–Crippen LogP) is 11.8. The minimum atomic E-state index is -2.31. The van der Waals surface area contributed by atoms with E-state index in [4.69, 9.17) is 6.42 Å². The van der Waals surface area contributed by atoms with Crippen molar-refractivity contribution < 1.29 is 30.7 Å². The summed E-state index contributed by atoms with van der Waals surface area (Å²) in [6, 6.07) is 27.7. The van der Waals surface area contributed by atoms with Crippen molar-refractivity contribution in [1.82, 2.24) is 0 Å². The van der Waals surface area contributed by atoms with Crippen molar-refractivity contribution in [2.45, 2.75) is 0 Å². The average molecular weight is 833 g/mol. The lowest BCUT2D eigenvalue weighted by Gasteiger charge is -2.20. The molecule has 0 amide bonds. The van der Waals surface area contributed by atoms with Gasteiger partial charge in [-0.3, -0.25) is 0 Å². The number of halogens is 7. The number of benzene rings is 6. The normalized spacial score (nSPS) is 10.9. The minimum absolute atomic E-state index is 0.169. The van der Waals surface area contributed by atoms with Crippen molar-refractivity contribution in [3.63, 3.8) is 0 Å². The maximum Gasteiger partial charge on any atom is 0.198 e. The van der Waals surface area contributed by atoms with Crippen LogP contribution in [-0.4, -0.2) is 56.4 Å². The molecule has 0 unspecified atom stereocenters. The molecule has 6 aromatic rings. The quantitative estimate of drug-likeness (QED) is 0.0424. The van der Waals surface area contributed by atoms with E-state index in [-0.39, 0.29) is 11.1 Å². The zero-order chi connectivity index (χ0) is 44.4. The summed E-state index contributed by atoms with van der Waals surface area (Å²) in [5.41, 5.74) is -0.105. The molecule has 4 nitrogen and oxygen atoms in total. The van der Waals surface area contributed by atoms with Gasteiger partial charge in [0.1, 0.15) is 5.82 Å². The molecule has 61 heavy (non-hydrogen) atoms. The van der Waals surface area contributed by atoms with Crippen LogP contribution < -0.4 is 19.6 Å². The molecular formula is C50H43F7N4. The summed E-state index contributed by atoms with van der Waals surface area (Å²) in [7, 11) is 14.6. The van der Waals surface area contributed by atoms with E-state index in [1.165, 1.54) is 0 Å². The van der Waals surface area contributed by atoms with Crippen molar-refractivity contribution in [1.29, 1.82) is 0 Å². The van der Waals surface area contributed by atoms with Crippen LogP contribution in [0.4, 0.5) is 53.5 Å². The van der Waals surface area contributed by atoms with Crippen LogP contribution in [0.5, 0.6) is 0 Å². The second kappa shape index (κ2) is 17.7. The Morgan fingerprint density at radius 3 is 0.918 bits per heavy atom. The van der Waals surface area contributed by atoms with E-state index >= 15 is 30.7 Å². The first-order valence-corrected chi connectivity index (χ1v) is 19.0.